The Kier molecular flexibility index (Phi) is 10.5. The van der Waals surface area contributed by atoms with Gasteiger partial charge < -0.3 is 25.1 Å². The van der Waals surface area contributed by atoms with E-state index < -0.39 is 80.9 Å². The van der Waals surface area contributed by atoms with Crippen LogP contribution < -0.4 is 15.4 Å². The van der Waals surface area contributed by atoms with Crippen LogP contribution in [0.2, 0.25) is 0 Å². The average molecular weight is 744 g/mol. The molecule has 0 spiro atoms. The maximum atomic E-state index is 14.4. The number of nitrogens with zero attached hydrogens (tertiary/aromatic N) is 2. The number of hydrogen-bond donors (Lipinski definition) is 3. The molecule has 3 amide bonds. The van der Waals surface area contributed by atoms with Gasteiger partial charge in [0, 0.05) is 24.1 Å². The highest BCUT2D eigenvalue weighted by molar-refractivity contribution is 7.91. The molecule has 15 heteroatoms. The number of hydrogen-bond acceptors (Lipinski definition) is 9. The molecule has 0 bridgehead atoms. The fraction of sp³-hybridized carbons (Fsp3) is 0.568. The standard InChI is InChI=1S/C37H47F2N5O7S/c1-21(2)50-17-16-40-31(36(3,4)5)34(46)44-20-22(51-42-30-26-12-8-6-10-24(26)25-11-7-9-13-27(25)30)18-29(44)33(45)41-37(19-28(37)32(38)39)35(47)43-52(48,49)23-14-15-23/h6-13,21-23,28-29,31-32,40H,14-20H2,1-5H3,(H,41,45)(H,43,47)/t22-,28+,29?,31-,37+/m1/s1. The Morgan fingerprint density at radius 2 is 1.60 bits per heavy atom. The lowest BCUT2D eigenvalue weighted by molar-refractivity contribution is -0.143. The van der Waals surface area contributed by atoms with Crippen LogP contribution in [-0.4, -0.2) is 98.0 Å². The van der Waals surface area contributed by atoms with E-state index in [0.29, 0.717) is 31.7 Å². The second-order valence-electron chi connectivity index (χ2n) is 15.5. The van der Waals surface area contributed by atoms with Crippen LogP contribution in [0.15, 0.2) is 53.7 Å². The van der Waals surface area contributed by atoms with Crippen molar-refractivity contribution in [2.45, 2.75) is 102 Å². The van der Waals surface area contributed by atoms with Crippen molar-refractivity contribution in [2.75, 3.05) is 19.7 Å². The Morgan fingerprint density at radius 1 is 1.00 bits per heavy atom. The Labute approximate surface area is 303 Å². The van der Waals surface area contributed by atoms with E-state index in [9.17, 15) is 31.6 Å². The summed E-state index contributed by atoms with van der Waals surface area (Å²) >= 11 is 0. The highest BCUT2D eigenvalue weighted by Crippen LogP contribution is 2.48. The molecule has 1 aliphatic heterocycles. The number of sulfonamides is 1. The van der Waals surface area contributed by atoms with Gasteiger partial charge in [-0.3, -0.25) is 19.1 Å². The molecule has 3 aliphatic carbocycles. The Hall–Kier alpha value is -3.95. The second kappa shape index (κ2) is 14.5. The molecule has 0 aromatic heterocycles. The number of amides is 3. The zero-order valence-electron chi connectivity index (χ0n) is 30.0. The van der Waals surface area contributed by atoms with Crippen LogP contribution in [0.1, 0.15) is 71.4 Å². The number of oxime groups is 1. The highest BCUT2D eigenvalue weighted by atomic mass is 32.2. The molecule has 2 aromatic rings. The zero-order chi connectivity index (χ0) is 37.6. The molecule has 1 heterocycles. The van der Waals surface area contributed by atoms with E-state index in [1.54, 1.807) is 0 Å². The molecule has 6 rings (SSSR count). The number of rotatable bonds is 14. The molecule has 4 aliphatic rings. The van der Waals surface area contributed by atoms with Crippen LogP contribution in [0.3, 0.4) is 0 Å². The van der Waals surface area contributed by atoms with Crippen molar-refractivity contribution >= 4 is 33.5 Å². The largest absolute Gasteiger partial charge is 0.390 e. The third-order valence-electron chi connectivity index (χ3n) is 10.1. The maximum absolute atomic E-state index is 14.4. The van der Waals surface area contributed by atoms with Gasteiger partial charge in [-0.15, -0.1) is 0 Å². The van der Waals surface area contributed by atoms with Gasteiger partial charge in [-0.1, -0.05) is 74.5 Å². The third kappa shape index (κ3) is 7.72. The van der Waals surface area contributed by atoms with Crippen molar-refractivity contribution in [3.63, 3.8) is 0 Å². The van der Waals surface area contributed by atoms with E-state index in [0.717, 1.165) is 22.3 Å². The predicted octanol–water partition coefficient (Wildman–Crippen LogP) is 3.58. The predicted molar refractivity (Wildman–Crippen MR) is 190 cm³/mol. The molecule has 3 fully saturated rings. The summed E-state index contributed by atoms with van der Waals surface area (Å²) in [6.07, 6.45) is -3.58. The molecular formula is C37H47F2N5O7S. The first-order valence-corrected chi connectivity index (χ1v) is 19.3. The topological polar surface area (TPSA) is 155 Å². The summed E-state index contributed by atoms with van der Waals surface area (Å²) in [5, 5.41) is 9.50. The Balaban J connectivity index is 1.27. The van der Waals surface area contributed by atoms with Crippen LogP contribution in [0, 0.1) is 11.3 Å². The average Bonchev–Trinajstić information content (AvgIpc) is 3.99. The second-order valence-corrected chi connectivity index (χ2v) is 17.4. The molecular weight excluding hydrogens is 696 g/mol. The van der Waals surface area contributed by atoms with E-state index in [1.807, 2.05) is 87.9 Å². The van der Waals surface area contributed by atoms with Crippen molar-refractivity contribution in [1.29, 1.82) is 0 Å². The number of likely N-dealkylation sites (tertiary alicyclic amines) is 1. The summed E-state index contributed by atoms with van der Waals surface area (Å²) in [6.45, 7) is 10.1. The van der Waals surface area contributed by atoms with Gasteiger partial charge in [-0.2, -0.15) is 0 Å². The van der Waals surface area contributed by atoms with Crippen LogP contribution in [0.25, 0.3) is 11.1 Å². The minimum atomic E-state index is -4.08. The van der Waals surface area contributed by atoms with Gasteiger partial charge in [0.15, 0.2) is 0 Å². The Bertz CT molecular complexity index is 1800. The smallest absolute Gasteiger partial charge is 0.259 e. The van der Waals surface area contributed by atoms with E-state index in [4.69, 9.17) is 9.57 Å². The van der Waals surface area contributed by atoms with Crippen LogP contribution >= 0.6 is 0 Å². The summed E-state index contributed by atoms with van der Waals surface area (Å²) in [4.78, 5) is 49.3. The van der Waals surface area contributed by atoms with Gasteiger partial charge in [-0.05, 0) is 49.7 Å². The zero-order valence-corrected chi connectivity index (χ0v) is 30.8. The molecule has 1 saturated heterocycles. The van der Waals surface area contributed by atoms with Gasteiger partial charge in [0.2, 0.25) is 28.3 Å². The SMILES string of the molecule is CC(C)OCCN[C@H](C(=O)N1C[C@H](ON=C2c3ccccc3-c3ccccc32)CC1C(=O)N[C@@]1(C(=O)NS(=O)(=O)C2CC2)C[C@H]1C(F)F)C(C)(C)C. The van der Waals surface area contributed by atoms with Crippen LogP contribution in [-0.2, 0) is 34.0 Å². The fourth-order valence-electron chi connectivity index (χ4n) is 7.05. The fourth-order valence-corrected chi connectivity index (χ4v) is 8.42. The Morgan fingerprint density at radius 3 is 2.12 bits per heavy atom. The minimum absolute atomic E-state index is 0.0150. The lowest BCUT2D eigenvalue weighted by Gasteiger charge is -2.36. The van der Waals surface area contributed by atoms with Crippen molar-refractivity contribution in [3.8, 4) is 11.1 Å². The molecule has 0 radical (unpaired) electrons. The van der Waals surface area contributed by atoms with Gasteiger partial charge in [-0.25, -0.2) is 17.2 Å². The van der Waals surface area contributed by atoms with Crippen LogP contribution in [0.4, 0.5) is 8.78 Å². The molecule has 5 atom stereocenters. The number of alkyl halides is 2. The van der Waals surface area contributed by atoms with Gasteiger partial charge in [0.05, 0.1) is 36.5 Å². The van der Waals surface area contributed by atoms with Crippen molar-refractivity contribution in [1.82, 2.24) is 20.3 Å². The molecule has 12 nitrogen and oxygen atoms in total. The summed E-state index contributed by atoms with van der Waals surface area (Å²) in [5.41, 5.74) is 1.55. The van der Waals surface area contributed by atoms with Crippen molar-refractivity contribution < 1.29 is 41.2 Å². The molecule has 52 heavy (non-hydrogen) atoms. The van der Waals surface area contributed by atoms with E-state index in [-0.39, 0.29) is 19.1 Å². The van der Waals surface area contributed by atoms with Gasteiger partial charge in [0.1, 0.15) is 23.4 Å². The van der Waals surface area contributed by atoms with Crippen LogP contribution in [0.5, 0.6) is 0 Å². The third-order valence-corrected chi connectivity index (χ3v) is 11.9. The number of halogens is 2. The highest BCUT2D eigenvalue weighted by Gasteiger charge is 2.66. The first kappa shape index (κ1) is 37.8. The summed E-state index contributed by atoms with van der Waals surface area (Å²) in [7, 11) is -4.08. The number of carbonyl (C=O) groups is 3. The summed E-state index contributed by atoms with van der Waals surface area (Å²) in [6, 6.07) is 13.5. The van der Waals surface area contributed by atoms with E-state index in [1.165, 1.54) is 4.90 Å². The van der Waals surface area contributed by atoms with Gasteiger partial charge >= 0.3 is 0 Å². The monoisotopic (exact) mass is 743 g/mol. The summed E-state index contributed by atoms with van der Waals surface area (Å²) in [5.74, 6) is -4.08. The molecule has 282 valence electrons. The lowest BCUT2D eigenvalue weighted by atomic mass is 9.85. The first-order chi connectivity index (χ1) is 24.5. The lowest BCUT2D eigenvalue weighted by Crippen LogP contribution is -2.60. The quantitative estimate of drug-likeness (QED) is 0.167. The maximum Gasteiger partial charge on any atom is 0.259 e. The molecule has 1 unspecified atom stereocenters. The molecule has 2 saturated carbocycles. The minimum Gasteiger partial charge on any atom is -0.390 e. The molecule has 3 N–H and O–H groups in total. The first-order valence-electron chi connectivity index (χ1n) is 17.8. The summed E-state index contributed by atoms with van der Waals surface area (Å²) < 4.78 is 60.9. The van der Waals surface area contributed by atoms with Gasteiger partial charge in [0.25, 0.3) is 5.91 Å². The van der Waals surface area contributed by atoms with Crippen molar-refractivity contribution in [2.24, 2.45) is 16.5 Å². The van der Waals surface area contributed by atoms with E-state index in [2.05, 4.69) is 15.8 Å². The van der Waals surface area contributed by atoms with Crippen molar-refractivity contribution in [3.05, 3.63) is 59.7 Å². The number of ether oxygens (including phenoxy) is 1. The number of nitrogens with one attached hydrogen (secondary N) is 3. The number of carbonyl (C=O) groups excluding carboxylic acids is 3. The number of benzene rings is 2. The normalized spacial score (nSPS) is 24.4. The van der Waals surface area contributed by atoms with E-state index >= 15 is 0 Å². The number of fused-ring (bicyclic) bond motifs is 3. The molecule has 2 aromatic carbocycles.